The molecular weight excluding hydrogens is 456 g/mol. The molecule has 0 saturated heterocycles. The van der Waals surface area contributed by atoms with Crippen molar-refractivity contribution in [2.24, 2.45) is 11.8 Å². The number of rotatable bonds is 8. The van der Waals surface area contributed by atoms with E-state index in [2.05, 4.69) is 6.07 Å². The van der Waals surface area contributed by atoms with Gasteiger partial charge in [0.05, 0.1) is 18.9 Å². The molecule has 2 atom stereocenters. The Morgan fingerprint density at radius 1 is 0.944 bits per heavy atom. The summed E-state index contributed by atoms with van der Waals surface area (Å²) in [6, 6.07) is 15.8. The molecule has 0 aromatic heterocycles. The summed E-state index contributed by atoms with van der Waals surface area (Å²) >= 11 is 0. The second-order valence-electron chi connectivity index (χ2n) is 10.1. The van der Waals surface area contributed by atoms with Crippen LogP contribution < -0.4 is 9.64 Å². The molecule has 0 bridgehead atoms. The fourth-order valence-corrected chi connectivity index (χ4v) is 5.53. The quantitative estimate of drug-likeness (QED) is 0.520. The molecule has 0 N–H and O–H groups in total. The first-order chi connectivity index (χ1) is 17.5. The van der Waals surface area contributed by atoms with Gasteiger partial charge in [0.2, 0.25) is 5.91 Å². The summed E-state index contributed by atoms with van der Waals surface area (Å²) in [6.07, 6.45) is 5.88. The van der Waals surface area contributed by atoms with Gasteiger partial charge in [-0.2, -0.15) is 0 Å². The number of fused-ring (bicyclic) bond motifs is 1. The minimum atomic E-state index is -0.497. The topological polar surface area (TPSA) is 76.1 Å². The van der Waals surface area contributed by atoms with Gasteiger partial charge in [-0.05, 0) is 61.4 Å². The van der Waals surface area contributed by atoms with Gasteiger partial charge in [0, 0.05) is 24.8 Å². The van der Waals surface area contributed by atoms with Crippen molar-refractivity contribution in [3.05, 3.63) is 59.7 Å². The summed E-state index contributed by atoms with van der Waals surface area (Å²) in [5, 5.41) is 0. The van der Waals surface area contributed by atoms with Gasteiger partial charge in [-0.1, -0.05) is 43.2 Å². The molecule has 2 unspecified atom stereocenters. The Labute approximate surface area is 212 Å². The molecule has 190 valence electrons. The van der Waals surface area contributed by atoms with E-state index in [0.29, 0.717) is 25.9 Å². The maximum Gasteiger partial charge on any atom is 0.310 e. The van der Waals surface area contributed by atoms with E-state index in [1.807, 2.05) is 47.4 Å². The number of hydrogen-bond donors (Lipinski definition) is 0. The number of methoxy groups -OCH3 is 1. The minimum Gasteiger partial charge on any atom is -0.497 e. The van der Waals surface area contributed by atoms with E-state index in [1.165, 1.54) is 5.56 Å². The monoisotopic (exact) mass is 490 g/mol. The zero-order valence-corrected chi connectivity index (χ0v) is 20.9. The number of para-hydroxylation sites is 1. The number of amides is 2. The fraction of sp³-hybridized carbons (Fsp3) is 0.483. The van der Waals surface area contributed by atoms with Crippen LogP contribution in [0.5, 0.6) is 5.75 Å². The highest BCUT2D eigenvalue weighted by Crippen LogP contribution is 2.36. The normalized spacial score (nSPS) is 21.0. The first-order valence-electron chi connectivity index (χ1n) is 13.0. The van der Waals surface area contributed by atoms with Crippen molar-refractivity contribution < 1.29 is 23.9 Å². The Morgan fingerprint density at radius 2 is 1.67 bits per heavy atom. The molecule has 2 aromatic carbocycles. The number of esters is 1. The van der Waals surface area contributed by atoms with E-state index in [9.17, 15) is 14.4 Å². The molecular formula is C29H34N2O5. The van der Waals surface area contributed by atoms with Crippen LogP contribution in [0.2, 0.25) is 0 Å². The van der Waals surface area contributed by atoms with Crippen molar-refractivity contribution in [1.82, 2.24) is 4.90 Å². The number of nitrogens with zero attached hydrogens (tertiary/aromatic N) is 2. The van der Waals surface area contributed by atoms with E-state index < -0.39 is 17.8 Å². The summed E-state index contributed by atoms with van der Waals surface area (Å²) in [4.78, 5) is 43.3. The number of carbonyl (C=O) groups excluding carboxylic acids is 3. The van der Waals surface area contributed by atoms with Crippen LogP contribution in [-0.4, -0.2) is 49.0 Å². The number of anilines is 1. The average Bonchev–Trinajstić information content (AvgIpc) is 3.68. The molecule has 2 amide bonds. The summed E-state index contributed by atoms with van der Waals surface area (Å²) in [5.74, 6) is -0.727. The molecule has 7 nitrogen and oxygen atoms in total. The molecule has 1 aliphatic heterocycles. The lowest BCUT2D eigenvalue weighted by molar-refractivity contribution is -0.159. The van der Waals surface area contributed by atoms with Crippen molar-refractivity contribution >= 4 is 23.5 Å². The standard InChI is InChI=1S/C29H34N2O5/c1-35-23-14-10-20(11-15-23)18-31(22-12-13-22)27(32)19-36-29(34)25-8-4-3-7-24(25)28(33)30-17-16-21-6-2-5-9-26(21)30/h2,5-6,9-11,14-15,22,24-25H,3-4,7-8,12-13,16-19H2,1H3. The van der Waals surface area contributed by atoms with Crippen molar-refractivity contribution in [2.45, 2.75) is 57.5 Å². The van der Waals surface area contributed by atoms with Crippen LogP contribution >= 0.6 is 0 Å². The van der Waals surface area contributed by atoms with Crippen molar-refractivity contribution in [2.75, 3.05) is 25.2 Å². The van der Waals surface area contributed by atoms with Gasteiger partial charge in [0.1, 0.15) is 5.75 Å². The highest BCUT2D eigenvalue weighted by Gasteiger charge is 2.41. The molecule has 7 heteroatoms. The van der Waals surface area contributed by atoms with Crippen molar-refractivity contribution in [3.8, 4) is 5.75 Å². The van der Waals surface area contributed by atoms with Gasteiger partial charge in [-0.15, -0.1) is 0 Å². The number of hydrogen-bond acceptors (Lipinski definition) is 5. The number of carbonyl (C=O) groups is 3. The van der Waals surface area contributed by atoms with Gasteiger partial charge < -0.3 is 19.3 Å². The van der Waals surface area contributed by atoms with E-state index in [4.69, 9.17) is 9.47 Å². The van der Waals surface area contributed by atoms with E-state index in [-0.39, 0.29) is 24.5 Å². The first-order valence-corrected chi connectivity index (χ1v) is 13.0. The third-order valence-corrected chi connectivity index (χ3v) is 7.70. The van der Waals surface area contributed by atoms with Crippen LogP contribution in [0.15, 0.2) is 48.5 Å². The molecule has 3 aliphatic rings. The van der Waals surface area contributed by atoms with Gasteiger partial charge in [-0.3, -0.25) is 14.4 Å². The zero-order valence-electron chi connectivity index (χ0n) is 20.9. The molecule has 5 rings (SSSR count). The molecule has 36 heavy (non-hydrogen) atoms. The van der Waals surface area contributed by atoms with Crippen LogP contribution in [0.25, 0.3) is 0 Å². The molecule has 2 aromatic rings. The summed E-state index contributed by atoms with van der Waals surface area (Å²) < 4.78 is 10.8. The molecule has 0 spiro atoms. The lowest BCUT2D eigenvalue weighted by atomic mass is 9.78. The highest BCUT2D eigenvalue weighted by molar-refractivity contribution is 5.99. The van der Waals surface area contributed by atoms with Crippen LogP contribution in [0.1, 0.15) is 49.7 Å². The lowest BCUT2D eigenvalue weighted by Gasteiger charge is -2.32. The van der Waals surface area contributed by atoms with E-state index in [1.54, 1.807) is 12.0 Å². The van der Waals surface area contributed by atoms with Gasteiger partial charge in [0.15, 0.2) is 6.61 Å². The largest absolute Gasteiger partial charge is 0.497 e. The molecule has 2 saturated carbocycles. The van der Waals surface area contributed by atoms with Crippen molar-refractivity contribution in [3.63, 3.8) is 0 Å². The lowest BCUT2D eigenvalue weighted by Crippen LogP contribution is -2.43. The van der Waals surface area contributed by atoms with E-state index in [0.717, 1.165) is 49.1 Å². The van der Waals surface area contributed by atoms with Crippen LogP contribution in [0, 0.1) is 11.8 Å². The Kier molecular flexibility index (Phi) is 7.25. The van der Waals surface area contributed by atoms with Crippen LogP contribution in [0.3, 0.4) is 0 Å². The maximum atomic E-state index is 13.5. The molecule has 1 heterocycles. The minimum absolute atomic E-state index is 0.00652. The van der Waals surface area contributed by atoms with Gasteiger partial charge in [-0.25, -0.2) is 0 Å². The van der Waals surface area contributed by atoms with Gasteiger partial charge in [0.25, 0.3) is 5.91 Å². The third-order valence-electron chi connectivity index (χ3n) is 7.70. The smallest absolute Gasteiger partial charge is 0.310 e. The summed E-state index contributed by atoms with van der Waals surface area (Å²) in [7, 11) is 1.62. The third kappa shape index (κ3) is 5.25. The molecule has 2 aliphatic carbocycles. The van der Waals surface area contributed by atoms with Crippen LogP contribution in [0.4, 0.5) is 5.69 Å². The molecule has 2 fully saturated rings. The second-order valence-corrected chi connectivity index (χ2v) is 10.1. The Balaban J connectivity index is 1.20. The number of ether oxygens (including phenoxy) is 2. The fourth-order valence-electron chi connectivity index (χ4n) is 5.53. The Hall–Kier alpha value is -3.35. The SMILES string of the molecule is COc1ccc(CN(C(=O)COC(=O)C2CCCCC2C(=O)N2CCc3ccccc32)C2CC2)cc1. The first kappa shape index (κ1) is 24.3. The Morgan fingerprint density at radius 3 is 2.39 bits per heavy atom. The molecule has 0 radical (unpaired) electrons. The summed E-state index contributed by atoms with van der Waals surface area (Å²) in [5.41, 5.74) is 3.13. The summed E-state index contributed by atoms with van der Waals surface area (Å²) in [6.45, 7) is 0.843. The van der Waals surface area contributed by atoms with Crippen LogP contribution in [-0.2, 0) is 32.1 Å². The number of benzene rings is 2. The maximum absolute atomic E-state index is 13.5. The Bertz CT molecular complexity index is 1110. The average molecular weight is 491 g/mol. The predicted molar refractivity (Wildman–Crippen MR) is 135 cm³/mol. The zero-order chi connectivity index (χ0) is 25.1. The van der Waals surface area contributed by atoms with Gasteiger partial charge >= 0.3 is 5.97 Å². The van der Waals surface area contributed by atoms with E-state index >= 15 is 0 Å². The highest BCUT2D eigenvalue weighted by atomic mass is 16.5. The van der Waals surface area contributed by atoms with Crippen molar-refractivity contribution in [1.29, 1.82) is 0 Å². The predicted octanol–water partition coefficient (Wildman–Crippen LogP) is 4.13. The second kappa shape index (κ2) is 10.7.